The molecule has 0 bridgehead atoms. The van der Waals surface area contributed by atoms with Gasteiger partial charge in [0.1, 0.15) is 11.5 Å². The second-order valence-corrected chi connectivity index (χ2v) is 11.6. The Morgan fingerprint density at radius 2 is 1.32 bits per heavy atom. The molecule has 3 saturated heterocycles. The van der Waals surface area contributed by atoms with Crippen LogP contribution in [0.25, 0.3) is 0 Å². The van der Waals surface area contributed by atoms with Gasteiger partial charge in [0.2, 0.25) is 17.8 Å². The first kappa shape index (κ1) is 29.5. The van der Waals surface area contributed by atoms with Crippen LogP contribution in [0.2, 0.25) is 0 Å². The number of aromatic nitrogens is 3. The van der Waals surface area contributed by atoms with Gasteiger partial charge in [-0.3, -0.25) is 10.1 Å². The summed E-state index contributed by atoms with van der Waals surface area (Å²) in [5.74, 6) is 0.739. The zero-order chi connectivity index (χ0) is 30.3. The van der Waals surface area contributed by atoms with Crippen LogP contribution in [0.4, 0.5) is 45.0 Å². The number of halogens is 1. The predicted molar refractivity (Wildman–Crippen MR) is 172 cm³/mol. The number of rotatable bonds is 9. The van der Waals surface area contributed by atoms with E-state index in [0.717, 1.165) is 89.9 Å². The Labute approximate surface area is 256 Å². The molecule has 0 unspecified atom stereocenters. The first-order chi connectivity index (χ1) is 21.5. The first-order valence-electron chi connectivity index (χ1n) is 15.7. The highest BCUT2D eigenvalue weighted by Gasteiger charge is 2.26. The van der Waals surface area contributed by atoms with Gasteiger partial charge in [-0.15, -0.1) is 0 Å². The summed E-state index contributed by atoms with van der Waals surface area (Å²) in [5, 5.41) is 19.8. The predicted octanol–water partition coefficient (Wildman–Crippen LogP) is 6.08. The summed E-state index contributed by atoms with van der Waals surface area (Å²) in [6.07, 6.45) is 11.5. The van der Waals surface area contributed by atoms with Gasteiger partial charge in [-0.05, 0) is 88.1 Å². The number of hydrogen-bond donors (Lipinski definition) is 2. The molecule has 2 N–H and O–H groups in total. The van der Waals surface area contributed by atoms with Gasteiger partial charge in [0.25, 0.3) is 5.69 Å². The average molecular weight is 603 g/mol. The molecule has 12 nitrogen and oxygen atoms in total. The van der Waals surface area contributed by atoms with Crippen LogP contribution in [-0.4, -0.2) is 65.4 Å². The van der Waals surface area contributed by atoms with Crippen LogP contribution < -0.4 is 25.4 Å². The summed E-state index contributed by atoms with van der Waals surface area (Å²) in [6, 6.07) is 9.61. The van der Waals surface area contributed by atoms with Crippen LogP contribution in [0, 0.1) is 15.9 Å². The number of anilines is 6. The molecule has 0 aliphatic carbocycles. The number of nitrogens with one attached hydrogen (secondary N) is 2. The molecule has 3 aliphatic heterocycles. The smallest absolute Gasteiger partial charge is 0.293 e. The molecule has 3 aromatic rings. The second kappa shape index (κ2) is 13.8. The molecule has 0 spiro atoms. The number of nitrogens with zero attached hydrogens (tertiary/aromatic N) is 8. The second-order valence-electron chi connectivity index (χ2n) is 11.6. The molecule has 0 saturated carbocycles. The standard InChI is InChI=1S/C31H39FN10O2/c32-24-10-12-25(13-11-24)34-29-35-30(37-31(36-29)41-18-8-3-9-19-41)38-33-22-23-20-28(42(43)44)27(40-16-6-2-7-17-40)21-26(23)39-14-4-1-5-15-39/h10-13,20-22H,1-9,14-19H2,(H2,34,35,36,37,38)/b33-22-. The van der Waals surface area contributed by atoms with E-state index in [1.165, 1.54) is 25.0 Å². The highest BCUT2D eigenvalue weighted by atomic mass is 19.1. The fourth-order valence-electron chi connectivity index (χ4n) is 6.16. The van der Waals surface area contributed by atoms with E-state index in [-0.39, 0.29) is 22.4 Å². The molecule has 6 rings (SSSR count). The van der Waals surface area contributed by atoms with Gasteiger partial charge in [0, 0.05) is 62.3 Å². The minimum absolute atomic E-state index is 0.0902. The van der Waals surface area contributed by atoms with Crippen molar-refractivity contribution in [2.45, 2.75) is 57.8 Å². The number of piperidine rings is 3. The maximum absolute atomic E-state index is 13.5. The van der Waals surface area contributed by atoms with Crippen LogP contribution in [0.3, 0.4) is 0 Å². The lowest BCUT2D eigenvalue weighted by Crippen LogP contribution is -2.32. The SMILES string of the molecule is O=[N+]([O-])c1cc(/C=N\Nc2nc(Nc3ccc(F)cc3)nc(N3CCCCC3)n2)c(N2CCCCC2)cc1N1CCCCC1. The van der Waals surface area contributed by atoms with E-state index in [1.54, 1.807) is 24.4 Å². The summed E-state index contributed by atoms with van der Waals surface area (Å²) >= 11 is 0. The molecule has 0 atom stereocenters. The molecule has 13 heteroatoms. The molecule has 44 heavy (non-hydrogen) atoms. The van der Waals surface area contributed by atoms with Crippen LogP contribution >= 0.6 is 0 Å². The van der Waals surface area contributed by atoms with E-state index in [2.05, 4.69) is 45.5 Å². The van der Waals surface area contributed by atoms with E-state index in [1.807, 2.05) is 6.07 Å². The average Bonchev–Trinajstić information content (AvgIpc) is 3.06. The van der Waals surface area contributed by atoms with Crippen molar-refractivity contribution in [2.75, 3.05) is 64.7 Å². The van der Waals surface area contributed by atoms with E-state index in [9.17, 15) is 14.5 Å². The molecule has 3 aliphatic rings. The summed E-state index contributed by atoms with van der Waals surface area (Å²) in [4.78, 5) is 32.3. The van der Waals surface area contributed by atoms with Gasteiger partial charge >= 0.3 is 0 Å². The Morgan fingerprint density at radius 3 is 1.93 bits per heavy atom. The molecule has 1 aromatic heterocycles. The number of hydrazone groups is 1. The third kappa shape index (κ3) is 7.14. The minimum Gasteiger partial charge on any atom is -0.371 e. The third-order valence-electron chi connectivity index (χ3n) is 8.45. The molecule has 3 fully saturated rings. The fraction of sp³-hybridized carbons (Fsp3) is 0.484. The fourth-order valence-corrected chi connectivity index (χ4v) is 6.16. The Balaban J connectivity index is 1.31. The lowest BCUT2D eigenvalue weighted by atomic mass is 10.0. The third-order valence-corrected chi connectivity index (χ3v) is 8.45. The van der Waals surface area contributed by atoms with E-state index >= 15 is 0 Å². The van der Waals surface area contributed by atoms with Crippen molar-refractivity contribution in [3.63, 3.8) is 0 Å². The number of nitro groups is 1. The largest absolute Gasteiger partial charge is 0.371 e. The topological polar surface area (TPSA) is 128 Å². The molecule has 232 valence electrons. The van der Waals surface area contributed by atoms with Crippen molar-refractivity contribution >= 4 is 46.8 Å². The van der Waals surface area contributed by atoms with Crippen LogP contribution in [0.1, 0.15) is 63.4 Å². The van der Waals surface area contributed by atoms with Crippen molar-refractivity contribution in [3.05, 3.63) is 57.9 Å². The van der Waals surface area contributed by atoms with Crippen molar-refractivity contribution in [1.29, 1.82) is 0 Å². The quantitative estimate of drug-likeness (QED) is 0.169. The Hall–Kier alpha value is -4.55. The molecule has 0 amide bonds. The maximum Gasteiger partial charge on any atom is 0.293 e. The molecular formula is C31H39FN10O2. The van der Waals surface area contributed by atoms with Crippen LogP contribution in [-0.2, 0) is 0 Å². The monoisotopic (exact) mass is 602 g/mol. The van der Waals surface area contributed by atoms with Gasteiger partial charge in [0.05, 0.1) is 11.1 Å². The highest BCUT2D eigenvalue weighted by Crippen LogP contribution is 2.37. The maximum atomic E-state index is 13.5. The Morgan fingerprint density at radius 1 is 0.750 bits per heavy atom. The van der Waals surface area contributed by atoms with Gasteiger partial charge in [-0.2, -0.15) is 20.1 Å². The van der Waals surface area contributed by atoms with Crippen LogP contribution in [0.15, 0.2) is 41.5 Å². The molecule has 4 heterocycles. The zero-order valence-corrected chi connectivity index (χ0v) is 24.9. The van der Waals surface area contributed by atoms with E-state index in [4.69, 9.17) is 0 Å². The van der Waals surface area contributed by atoms with Gasteiger partial charge in [-0.1, -0.05) is 0 Å². The molecular weight excluding hydrogens is 563 g/mol. The van der Waals surface area contributed by atoms with Gasteiger partial charge in [-0.25, -0.2) is 9.82 Å². The number of benzene rings is 2. The molecule has 0 radical (unpaired) electrons. The van der Waals surface area contributed by atoms with Crippen LogP contribution in [0.5, 0.6) is 0 Å². The van der Waals surface area contributed by atoms with Crippen molar-refractivity contribution < 1.29 is 9.31 Å². The lowest BCUT2D eigenvalue weighted by molar-refractivity contribution is -0.384. The van der Waals surface area contributed by atoms with Gasteiger partial charge in [0.15, 0.2) is 0 Å². The van der Waals surface area contributed by atoms with Crippen molar-refractivity contribution in [1.82, 2.24) is 15.0 Å². The summed E-state index contributed by atoms with van der Waals surface area (Å²) in [5.41, 5.74) is 5.98. The minimum atomic E-state index is -0.329. The lowest BCUT2D eigenvalue weighted by Gasteiger charge is -2.33. The summed E-state index contributed by atoms with van der Waals surface area (Å²) in [6.45, 7) is 5.13. The Kier molecular flexibility index (Phi) is 9.28. The summed E-state index contributed by atoms with van der Waals surface area (Å²) in [7, 11) is 0. The molecule has 2 aromatic carbocycles. The highest BCUT2D eigenvalue weighted by molar-refractivity contribution is 5.92. The van der Waals surface area contributed by atoms with E-state index < -0.39 is 0 Å². The number of hydrogen-bond acceptors (Lipinski definition) is 11. The Bertz CT molecular complexity index is 1470. The van der Waals surface area contributed by atoms with Gasteiger partial charge < -0.3 is 20.0 Å². The van der Waals surface area contributed by atoms with E-state index in [0.29, 0.717) is 28.8 Å². The van der Waals surface area contributed by atoms with Crippen molar-refractivity contribution in [2.24, 2.45) is 5.10 Å². The normalized spacial score (nSPS) is 17.6. The zero-order valence-electron chi connectivity index (χ0n) is 24.9. The first-order valence-corrected chi connectivity index (χ1v) is 15.7. The summed E-state index contributed by atoms with van der Waals surface area (Å²) < 4.78 is 13.5. The van der Waals surface area contributed by atoms with Crippen molar-refractivity contribution in [3.8, 4) is 0 Å². The number of nitro benzene ring substituents is 1.